The van der Waals surface area contributed by atoms with E-state index in [9.17, 15) is 9.59 Å². The zero-order chi connectivity index (χ0) is 11.3. The fraction of sp³-hybridized carbons (Fsp3) is 0.273. The van der Waals surface area contributed by atoms with Crippen molar-refractivity contribution >= 4 is 28.5 Å². The Labute approximate surface area is 93.3 Å². The first-order valence-corrected chi connectivity index (χ1v) is 5.88. The molecule has 0 unspecified atom stereocenters. The molecule has 0 saturated heterocycles. The van der Waals surface area contributed by atoms with Gasteiger partial charge in [0, 0.05) is 17.7 Å². The Balaban J connectivity index is 2.72. The molecule has 1 rings (SSSR count). The SMILES string of the molecule is CCC(=O)Nc1ccc(C(=O)SC)cc1. The molecule has 0 radical (unpaired) electrons. The molecular formula is C11H13NO2S. The minimum atomic E-state index is -0.0288. The summed E-state index contributed by atoms with van der Waals surface area (Å²) >= 11 is 1.18. The number of carbonyl (C=O) groups excluding carboxylic acids is 2. The number of rotatable bonds is 3. The molecule has 80 valence electrons. The highest BCUT2D eigenvalue weighted by Gasteiger charge is 2.04. The van der Waals surface area contributed by atoms with Gasteiger partial charge in [0.15, 0.2) is 0 Å². The summed E-state index contributed by atoms with van der Waals surface area (Å²) in [4.78, 5) is 22.4. The lowest BCUT2D eigenvalue weighted by molar-refractivity contribution is -0.115. The molecule has 1 N–H and O–H groups in total. The predicted molar refractivity (Wildman–Crippen MR) is 63.2 cm³/mol. The Morgan fingerprint density at radius 2 is 1.87 bits per heavy atom. The van der Waals surface area contributed by atoms with Gasteiger partial charge in [-0.05, 0) is 30.5 Å². The van der Waals surface area contributed by atoms with E-state index in [-0.39, 0.29) is 11.0 Å². The van der Waals surface area contributed by atoms with Crippen LogP contribution in [0.2, 0.25) is 0 Å². The Morgan fingerprint density at radius 3 is 2.33 bits per heavy atom. The van der Waals surface area contributed by atoms with Gasteiger partial charge in [-0.1, -0.05) is 18.7 Å². The van der Waals surface area contributed by atoms with Gasteiger partial charge in [-0.15, -0.1) is 0 Å². The van der Waals surface area contributed by atoms with Crippen molar-refractivity contribution in [3.8, 4) is 0 Å². The van der Waals surface area contributed by atoms with E-state index in [2.05, 4.69) is 5.32 Å². The summed E-state index contributed by atoms with van der Waals surface area (Å²) < 4.78 is 0. The number of anilines is 1. The van der Waals surface area contributed by atoms with Gasteiger partial charge in [-0.2, -0.15) is 0 Å². The van der Waals surface area contributed by atoms with E-state index in [0.717, 1.165) is 5.69 Å². The lowest BCUT2D eigenvalue weighted by Gasteiger charge is -2.03. The van der Waals surface area contributed by atoms with E-state index in [0.29, 0.717) is 12.0 Å². The minimum absolute atomic E-state index is 0.0288. The third-order valence-electron chi connectivity index (χ3n) is 1.91. The van der Waals surface area contributed by atoms with Crippen LogP contribution in [0.15, 0.2) is 24.3 Å². The maximum Gasteiger partial charge on any atom is 0.224 e. The second-order valence-electron chi connectivity index (χ2n) is 2.97. The number of hydrogen-bond acceptors (Lipinski definition) is 3. The van der Waals surface area contributed by atoms with Gasteiger partial charge in [0.25, 0.3) is 0 Å². The third kappa shape index (κ3) is 3.40. The number of nitrogens with one attached hydrogen (secondary N) is 1. The number of hydrogen-bond donors (Lipinski definition) is 1. The van der Waals surface area contributed by atoms with E-state index in [1.165, 1.54) is 11.8 Å². The van der Waals surface area contributed by atoms with E-state index in [1.54, 1.807) is 37.4 Å². The first-order chi connectivity index (χ1) is 7.17. The Bertz CT molecular complexity index is 359. The average molecular weight is 223 g/mol. The van der Waals surface area contributed by atoms with Crippen molar-refractivity contribution in [3.05, 3.63) is 29.8 Å². The molecular weight excluding hydrogens is 210 g/mol. The van der Waals surface area contributed by atoms with Crippen LogP contribution in [0, 0.1) is 0 Å². The van der Waals surface area contributed by atoms with Crippen LogP contribution in [0.1, 0.15) is 23.7 Å². The van der Waals surface area contributed by atoms with Gasteiger partial charge in [0.1, 0.15) is 0 Å². The first-order valence-electron chi connectivity index (χ1n) is 4.65. The summed E-state index contributed by atoms with van der Waals surface area (Å²) in [5.74, 6) is -0.0288. The van der Waals surface area contributed by atoms with Gasteiger partial charge >= 0.3 is 0 Å². The fourth-order valence-corrected chi connectivity index (χ4v) is 1.43. The number of benzene rings is 1. The van der Waals surface area contributed by atoms with Crippen molar-refractivity contribution in [2.45, 2.75) is 13.3 Å². The Hall–Kier alpha value is -1.29. The molecule has 15 heavy (non-hydrogen) atoms. The first kappa shape index (κ1) is 11.8. The number of thioether (sulfide) groups is 1. The predicted octanol–water partition coefficient (Wildman–Crippen LogP) is 2.54. The molecule has 0 heterocycles. The Kier molecular flexibility index (Phi) is 4.37. The zero-order valence-electron chi connectivity index (χ0n) is 8.74. The smallest absolute Gasteiger partial charge is 0.224 e. The quantitative estimate of drug-likeness (QED) is 0.856. The zero-order valence-corrected chi connectivity index (χ0v) is 9.56. The van der Waals surface area contributed by atoms with Crippen LogP contribution in [-0.2, 0) is 4.79 Å². The molecule has 1 amide bonds. The monoisotopic (exact) mass is 223 g/mol. The van der Waals surface area contributed by atoms with Crippen LogP contribution in [0.4, 0.5) is 5.69 Å². The summed E-state index contributed by atoms with van der Waals surface area (Å²) in [5, 5.41) is 2.75. The molecule has 0 atom stereocenters. The highest BCUT2D eigenvalue weighted by Crippen LogP contribution is 2.13. The van der Waals surface area contributed by atoms with Gasteiger partial charge < -0.3 is 5.32 Å². The maximum absolute atomic E-state index is 11.3. The van der Waals surface area contributed by atoms with Crippen molar-refractivity contribution in [2.75, 3.05) is 11.6 Å². The molecule has 4 heteroatoms. The molecule has 0 aliphatic carbocycles. The van der Waals surface area contributed by atoms with Crippen LogP contribution in [0.3, 0.4) is 0 Å². The minimum Gasteiger partial charge on any atom is -0.326 e. The topological polar surface area (TPSA) is 46.2 Å². The summed E-state index contributed by atoms with van der Waals surface area (Å²) in [7, 11) is 0. The molecule has 0 fully saturated rings. The maximum atomic E-state index is 11.3. The molecule has 0 aliphatic rings. The van der Waals surface area contributed by atoms with E-state index < -0.39 is 0 Å². The lowest BCUT2D eigenvalue weighted by Crippen LogP contribution is -2.09. The van der Waals surface area contributed by atoms with E-state index >= 15 is 0 Å². The van der Waals surface area contributed by atoms with E-state index in [4.69, 9.17) is 0 Å². The molecule has 0 aliphatic heterocycles. The molecule has 0 saturated carbocycles. The van der Waals surface area contributed by atoms with Gasteiger partial charge in [0.2, 0.25) is 11.0 Å². The normalized spacial score (nSPS) is 9.73. The molecule has 0 spiro atoms. The van der Waals surface area contributed by atoms with Crippen molar-refractivity contribution < 1.29 is 9.59 Å². The summed E-state index contributed by atoms with van der Waals surface area (Å²) in [5.41, 5.74) is 1.37. The molecule has 1 aromatic rings. The fourth-order valence-electron chi connectivity index (χ4n) is 1.06. The number of carbonyl (C=O) groups is 2. The van der Waals surface area contributed by atoms with Gasteiger partial charge in [-0.3, -0.25) is 9.59 Å². The largest absolute Gasteiger partial charge is 0.326 e. The van der Waals surface area contributed by atoms with Crippen molar-refractivity contribution in [3.63, 3.8) is 0 Å². The van der Waals surface area contributed by atoms with Crippen LogP contribution in [0.5, 0.6) is 0 Å². The second kappa shape index (κ2) is 5.56. The van der Waals surface area contributed by atoms with Crippen LogP contribution in [-0.4, -0.2) is 17.3 Å². The summed E-state index contributed by atoms with van der Waals surface area (Å²) in [6.07, 6.45) is 2.20. The number of amides is 1. The van der Waals surface area contributed by atoms with Crippen LogP contribution >= 0.6 is 11.8 Å². The summed E-state index contributed by atoms with van der Waals surface area (Å²) in [6, 6.07) is 6.89. The lowest BCUT2D eigenvalue weighted by atomic mass is 10.2. The van der Waals surface area contributed by atoms with Crippen LogP contribution in [0.25, 0.3) is 0 Å². The standard InChI is InChI=1S/C11H13NO2S/c1-3-10(13)12-9-6-4-8(5-7-9)11(14)15-2/h4-7H,3H2,1-2H3,(H,12,13). The average Bonchev–Trinajstić information content (AvgIpc) is 2.29. The van der Waals surface area contributed by atoms with Crippen molar-refractivity contribution in [2.24, 2.45) is 0 Å². The second-order valence-corrected chi connectivity index (χ2v) is 3.75. The highest BCUT2D eigenvalue weighted by atomic mass is 32.2. The molecule has 0 aromatic heterocycles. The van der Waals surface area contributed by atoms with Gasteiger partial charge in [0.05, 0.1) is 0 Å². The molecule has 3 nitrogen and oxygen atoms in total. The molecule has 1 aromatic carbocycles. The Morgan fingerprint density at radius 1 is 1.27 bits per heavy atom. The van der Waals surface area contributed by atoms with Crippen molar-refractivity contribution in [1.82, 2.24) is 0 Å². The van der Waals surface area contributed by atoms with E-state index in [1.807, 2.05) is 0 Å². The molecule has 0 bridgehead atoms. The highest BCUT2D eigenvalue weighted by molar-refractivity contribution is 8.13. The van der Waals surface area contributed by atoms with Gasteiger partial charge in [-0.25, -0.2) is 0 Å². The summed E-state index contributed by atoms with van der Waals surface area (Å²) in [6.45, 7) is 1.79. The van der Waals surface area contributed by atoms with Crippen molar-refractivity contribution in [1.29, 1.82) is 0 Å². The van der Waals surface area contributed by atoms with Crippen LogP contribution < -0.4 is 5.32 Å². The third-order valence-corrected chi connectivity index (χ3v) is 2.52.